The number of hydrogen-bond acceptors (Lipinski definition) is 2. The fraction of sp³-hybridized carbons (Fsp3) is 0.200. The lowest BCUT2D eigenvalue weighted by Gasteiger charge is -2.08. The van der Waals surface area contributed by atoms with Gasteiger partial charge in [-0.1, -0.05) is 28.1 Å². The lowest BCUT2D eigenvalue weighted by Crippen LogP contribution is -2.06. The Morgan fingerprint density at radius 2 is 2.00 bits per heavy atom. The Hall–Kier alpha value is -0.910. The first-order valence-electron chi connectivity index (χ1n) is 6.48. The second-order valence-electron chi connectivity index (χ2n) is 4.68. The molecule has 0 spiro atoms. The fourth-order valence-electron chi connectivity index (χ4n) is 2.29. The molecule has 2 heterocycles. The molecule has 108 valence electrons. The van der Waals surface area contributed by atoms with Crippen molar-refractivity contribution in [2.24, 2.45) is 0 Å². The SMILES string of the molecule is ClCCc1nc2cc(Br)cnc2n1Cc1cccc(Br)c1. The molecule has 2 aromatic heterocycles. The highest BCUT2D eigenvalue weighted by Crippen LogP contribution is 2.21. The molecule has 0 saturated heterocycles. The molecule has 0 aliphatic rings. The summed E-state index contributed by atoms with van der Waals surface area (Å²) in [5, 5.41) is 0. The predicted molar refractivity (Wildman–Crippen MR) is 92.9 cm³/mol. The minimum Gasteiger partial charge on any atom is -0.308 e. The first-order chi connectivity index (χ1) is 10.2. The number of aryl methyl sites for hydroxylation is 1. The van der Waals surface area contributed by atoms with Crippen molar-refractivity contribution in [3.8, 4) is 0 Å². The van der Waals surface area contributed by atoms with Crippen LogP contribution in [0.2, 0.25) is 0 Å². The molecule has 0 bridgehead atoms. The average molecular weight is 430 g/mol. The molecule has 0 fully saturated rings. The van der Waals surface area contributed by atoms with Gasteiger partial charge in [-0.05, 0) is 39.7 Å². The van der Waals surface area contributed by atoms with E-state index < -0.39 is 0 Å². The van der Waals surface area contributed by atoms with Crippen LogP contribution in [0.5, 0.6) is 0 Å². The van der Waals surface area contributed by atoms with Gasteiger partial charge in [-0.2, -0.15) is 0 Å². The van der Waals surface area contributed by atoms with Gasteiger partial charge in [0.1, 0.15) is 11.3 Å². The molecule has 0 amide bonds. The Bertz CT molecular complexity index is 786. The molecule has 6 heteroatoms. The molecular formula is C15H12Br2ClN3. The zero-order valence-corrected chi connectivity index (χ0v) is 15.0. The van der Waals surface area contributed by atoms with E-state index >= 15 is 0 Å². The second kappa shape index (κ2) is 6.46. The number of nitrogens with zero attached hydrogens (tertiary/aromatic N) is 3. The Kier molecular flexibility index (Phi) is 4.62. The number of imidazole rings is 1. The highest BCUT2D eigenvalue weighted by atomic mass is 79.9. The Labute approximate surface area is 144 Å². The van der Waals surface area contributed by atoms with Crippen molar-refractivity contribution in [1.82, 2.24) is 14.5 Å². The van der Waals surface area contributed by atoms with Gasteiger partial charge in [0, 0.05) is 27.4 Å². The lowest BCUT2D eigenvalue weighted by molar-refractivity contribution is 0.747. The van der Waals surface area contributed by atoms with Gasteiger partial charge >= 0.3 is 0 Å². The summed E-state index contributed by atoms with van der Waals surface area (Å²) in [5.41, 5.74) is 2.97. The average Bonchev–Trinajstić information content (AvgIpc) is 2.76. The molecule has 21 heavy (non-hydrogen) atoms. The molecule has 0 saturated carbocycles. The van der Waals surface area contributed by atoms with E-state index in [-0.39, 0.29) is 0 Å². The van der Waals surface area contributed by atoms with E-state index in [9.17, 15) is 0 Å². The van der Waals surface area contributed by atoms with Gasteiger partial charge in [0.15, 0.2) is 5.65 Å². The number of rotatable bonds is 4. The summed E-state index contributed by atoms with van der Waals surface area (Å²) in [5.74, 6) is 1.51. The molecule has 0 unspecified atom stereocenters. The molecule has 1 aromatic carbocycles. The van der Waals surface area contributed by atoms with Crippen LogP contribution in [0.25, 0.3) is 11.2 Å². The molecule has 3 nitrogen and oxygen atoms in total. The summed E-state index contributed by atoms with van der Waals surface area (Å²) in [6.45, 7) is 0.733. The number of halogens is 3. The zero-order chi connectivity index (χ0) is 14.8. The van der Waals surface area contributed by atoms with E-state index in [0.29, 0.717) is 5.88 Å². The topological polar surface area (TPSA) is 30.7 Å². The maximum Gasteiger partial charge on any atom is 0.160 e. The molecule has 0 atom stereocenters. The van der Waals surface area contributed by atoms with Crippen LogP contribution in [0.1, 0.15) is 11.4 Å². The van der Waals surface area contributed by atoms with Crippen molar-refractivity contribution < 1.29 is 0 Å². The molecule has 3 rings (SSSR count). The van der Waals surface area contributed by atoms with Crippen molar-refractivity contribution in [1.29, 1.82) is 0 Å². The minimum absolute atomic E-state index is 0.545. The van der Waals surface area contributed by atoms with Crippen molar-refractivity contribution in [3.05, 3.63) is 56.9 Å². The molecule has 0 aliphatic heterocycles. The summed E-state index contributed by atoms with van der Waals surface area (Å²) < 4.78 is 4.13. The van der Waals surface area contributed by atoms with Crippen molar-refractivity contribution in [2.45, 2.75) is 13.0 Å². The smallest absolute Gasteiger partial charge is 0.160 e. The quantitative estimate of drug-likeness (QED) is 0.559. The van der Waals surface area contributed by atoms with Crippen LogP contribution in [0.15, 0.2) is 45.5 Å². The third-order valence-electron chi connectivity index (χ3n) is 3.18. The van der Waals surface area contributed by atoms with Crippen LogP contribution in [-0.4, -0.2) is 20.4 Å². The van der Waals surface area contributed by atoms with Gasteiger partial charge in [0.25, 0.3) is 0 Å². The van der Waals surface area contributed by atoms with E-state index in [4.69, 9.17) is 11.6 Å². The van der Waals surface area contributed by atoms with Gasteiger partial charge in [-0.25, -0.2) is 9.97 Å². The standard InChI is InChI=1S/C15H12Br2ClN3/c16-11-3-1-2-10(6-11)9-21-14(4-5-18)20-13-7-12(17)8-19-15(13)21/h1-3,6-8H,4-5,9H2. The van der Waals surface area contributed by atoms with Crippen LogP contribution >= 0.6 is 43.5 Å². The summed E-state index contributed by atoms with van der Waals surface area (Å²) in [7, 11) is 0. The van der Waals surface area contributed by atoms with Crippen molar-refractivity contribution in [3.63, 3.8) is 0 Å². The van der Waals surface area contributed by atoms with Gasteiger partial charge < -0.3 is 4.57 Å². The molecule has 0 radical (unpaired) electrons. The molecule has 0 N–H and O–H groups in total. The van der Waals surface area contributed by atoms with Crippen molar-refractivity contribution in [2.75, 3.05) is 5.88 Å². The highest BCUT2D eigenvalue weighted by Gasteiger charge is 2.12. The van der Waals surface area contributed by atoms with Crippen LogP contribution in [0.4, 0.5) is 0 Å². The Balaban J connectivity index is 2.08. The van der Waals surface area contributed by atoms with E-state index in [1.165, 1.54) is 5.56 Å². The van der Waals surface area contributed by atoms with E-state index in [1.54, 1.807) is 6.20 Å². The minimum atomic E-state index is 0.545. The third-order valence-corrected chi connectivity index (χ3v) is 4.29. The normalized spacial score (nSPS) is 11.2. The number of benzene rings is 1. The first kappa shape index (κ1) is 15.0. The van der Waals surface area contributed by atoms with Crippen LogP contribution in [-0.2, 0) is 13.0 Å². The summed E-state index contributed by atoms with van der Waals surface area (Å²) in [6, 6.07) is 10.2. The summed E-state index contributed by atoms with van der Waals surface area (Å²) >= 11 is 12.8. The Morgan fingerprint density at radius 1 is 1.14 bits per heavy atom. The molecule has 0 aliphatic carbocycles. The summed E-state index contributed by atoms with van der Waals surface area (Å²) in [6.07, 6.45) is 2.52. The van der Waals surface area contributed by atoms with E-state index in [0.717, 1.165) is 38.9 Å². The zero-order valence-electron chi connectivity index (χ0n) is 11.1. The number of hydrogen-bond donors (Lipinski definition) is 0. The van der Waals surface area contributed by atoms with Gasteiger partial charge in [-0.15, -0.1) is 11.6 Å². The maximum absolute atomic E-state index is 5.90. The Morgan fingerprint density at radius 3 is 2.76 bits per heavy atom. The number of aromatic nitrogens is 3. The molecular weight excluding hydrogens is 417 g/mol. The fourth-order valence-corrected chi connectivity index (χ4v) is 3.23. The van der Waals surface area contributed by atoms with E-state index in [2.05, 4.69) is 58.5 Å². The van der Waals surface area contributed by atoms with Gasteiger partial charge in [0.2, 0.25) is 0 Å². The largest absolute Gasteiger partial charge is 0.308 e. The van der Waals surface area contributed by atoms with Gasteiger partial charge in [-0.3, -0.25) is 0 Å². The molecule has 3 aromatic rings. The predicted octanol–water partition coefficient (Wildman–Crippen LogP) is 4.79. The highest BCUT2D eigenvalue weighted by molar-refractivity contribution is 9.10. The summed E-state index contributed by atoms with van der Waals surface area (Å²) in [4.78, 5) is 9.16. The van der Waals surface area contributed by atoms with Crippen molar-refractivity contribution >= 4 is 54.6 Å². The van der Waals surface area contributed by atoms with Crippen LogP contribution in [0, 0.1) is 0 Å². The second-order valence-corrected chi connectivity index (χ2v) is 6.89. The van der Waals surface area contributed by atoms with Crippen LogP contribution in [0.3, 0.4) is 0 Å². The monoisotopic (exact) mass is 427 g/mol. The maximum atomic E-state index is 5.90. The number of fused-ring (bicyclic) bond motifs is 1. The first-order valence-corrected chi connectivity index (χ1v) is 8.60. The number of alkyl halides is 1. The lowest BCUT2D eigenvalue weighted by atomic mass is 10.2. The third kappa shape index (κ3) is 3.30. The van der Waals surface area contributed by atoms with Gasteiger partial charge in [0.05, 0.1) is 6.54 Å². The number of pyridine rings is 1. The van der Waals surface area contributed by atoms with Crippen LogP contribution < -0.4 is 0 Å². The van der Waals surface area contributed by atoms with E-state index in [1.807, 2.05) is 18.2 Å².